The SMILES string of the molecule is c1ccc2oc(-c3[nH]ncc3CNCCc3cscn3)cc2c1. The Morgan fingerprint density at radius 1 is 1.26 bits per heavy atom. The van der Waals surface area contributed by atoms with Gasteiger partial charge in [0.05, 0.1) is 17.4 Å². The number of nitrogens with one attached hydrogen (secondary N) is 2. The Morgan fingerprint density at radius 2 is 2.22 bits per heavy atom. The van der Waals surface area contributed by atoms with Crippen molar-refractivity contribution in [3.05, 3.63) is 58.7 Å². The first-order valence-corrected chi connectivity index (χ1v) is 8.43. The second-order valence-electron chi connectivity index (χ2n) is 5.33. The topological polar surface area (TPSA) is 66.7 Å². The highest BCUT2D eigenvalue weighted by Gasteiger charge is 2.12. The van der Waals surface area contributed by atoms with E-state index < -0.39 is 0 Å². The maximum absolute atomic E-state index is 5.91. The van der Waals surface area contributed by atoms with Crippen LogP contribution in [0.4, 0.5) is 0 Å². The van der Waals surface area contributed by atoms with Gasteiger partial charge in [0.1, 0.15) is 11.3 Å². The smallest absolute Gasteiger partial charge is 0.153 e. The van der Waals surface area contributed by atoms with Crippen LogP contribution in [0.25, 0.3) is 22.4 Å². The molecule has 116 valence electrons. The van der Waals surface area contributed by atoms with Crippen LogP contribution >= 0.6 is 11.3 Å². The molecule has 0 atom stereocenters. The highest BCUT2D eigenvalue weighted by atomic mass is 32.1. The zero-order valence-corrected chi connectivity index (χ0v) is 13.3. The lowest BCUT2D eigenvalue weighted by Crippen LogP contribution is -2.16. The zero-order chi connectivity index (χ0) is 15.5. The van der Waals surface area contributed by atoms with Crippen molar-refractivity contribution in [3.8, 4) is 11.5 Å². The monoisotopic (exact) mass is 324 g/mol. The lowest BCUT2D eigenvalue weighted by Gasteiger charge is -2.03. The molecule has 0 saturated heterocycles. The van der Waals surface area contributed by atoms with E-state index in [0.717, 1.165) is 53.2 Å². The molecular weight excluding hydrogens is 308 g/mol. The normalized spacial score (nSPS) is 11.3. The molecule has 5 nitrogen and oxygen atoms in total. The molecule has 0 fully saturated rings. The highest BCUT2D eigenvalue weighted by Crippen LogP contribution is 2.28. The summed E-state index contributed by atoms with van der Waals surface area (Å²) in [6, 6.07) is 10.0. The molecule has 0 aliphatic rings. The van der Waals surface area contributed by atoms with Crippen molar-refractivity contribution in [1.82, 2.24) is 20.5 Å². The number of hydrogen-bond acceptors (Lipinski definition) is 5. The summed E-state index contributed by atoms with van der Waals surface area (Å²) in [7, 11) is 0. The third-order valence-electron chi connectivity index (χ3n) is 3.75. The third-order valence-corrected chi connectivity index (χ3v) is 4.38. The summed E-state index contributed by atoms with van der Waals surface area (Å²) in [4.78, 5) is 4.29. The number of benzene rings is 1. The number of para-hydroxylation sites is 1. The molecule has 4 aromatic rings. The molecule has 0 spiro atoms. The van der Waals surface area contributed by atoms with Crippen LogP contribution in [0.2, 0.25) is 0 Å². The van der Waals surface area contributed by atoms with Crippen LogP contribution in [0, 0.1) is 0 Å². The first kappa shape index (κ1) is 14.2. The Balaban J connectivity index is 1.45. The first-order chi connectivity index (χ1) is 11.4. The quantitative estimate of drug-likeness (QED) is 0.532. The van der Waals surface area contributed by atoms with E-state index in [1.165, 1.54) is 0 Å². The third kappa shape index (κ3) is 3.04. The summed E-state index contributed by atoms with van der Waals surface area (Å²) in [6.07, 6.45) is 2.78. The summed E-state index contributed by atoms with van der Waals surface area (Å²) >= 11 is 1.63. The predicted octanol–water partition coefficient (Wildman–Crippen LogP) is 3.61. The fraction of sp³-hybridized carbons (Fsp3) is 0.176. The van der Waals surface area contributed by atoms with E-state index in [1.54, 1.807) is 11.3 Å². The summed E-state index contributed by atoms with van der Waals surface area (Å²) < 4.78 is 5.91. The molecule has 1 aromatic carbocycles. The number of fused-ring (bicyclic) bond motifs is 1. The molecule has 23 heavy (non-hydrogen) atoms. The van der Waals surface area contributed by atoms with Crippen LogP contribution in [0.5, 0.6) is 0 Å². The molecule has 0 bridgehead atoms. The number of H-pyrrole nitrogens is 1. The largest absolute Gasteiger partial charge is 0.454 e. The van der Waals surface area contributed by atoms with Crippen molar-refractivity contribution in [3.63, 3.8) is 0 Å². The second kappa shape index (κ2) is 6.36. The predicted molar refractivity (Wildman–Crippen MR) is 91.3 cm³/mol. The van der Waals surface area contributed by atoms with Crippen LogP contribution < -0.4 is 5.32 Å². The van der Waals surface area contributed by atoms with Gasteiger partial charge >= 0.3 is 0 Å². The molecule has 0 aliphatic heterocycles. The average molecular weight is 324 g/mol. The van der Waals surface area contributed by atoms with Crippen molar-refractivity contribution >= 4 is 22.3 Å². The van der Waals surface area contributed by atoms with Crippen molar-refractivity contribution in [2.24, 2.45) is 0 Å². The minimum Gasteiger partial charge on any atom is -0.454 e. The van der Waals surface area contributed by atoms with Gasteiger partial charge in [-0.05, 0) is 12.1 Å². The van der Waals surface area contributed by atoms with Crippen LogP contribution in [-0.4, -0.2) is 21.7 Å². The lowest BCUT2D eigenvalue weighted by molar-refractivity contribution is 0.625. The van der Waals surface area contributed by atoms with Crippen LogP contribution in [0.15, 0.2) is 51.8 Å². The van der Waals surface area contributed by atoms with Gasteiger partial charge in [0.15, 0.2) is 5.76 Å². The zero-order valence-electron chi connectivity index (χ0n) is 12.5. The molecular formula is C17H16N4OS. The minimum absolute atomic E-state index is 0.743. The molecule has 3 aromatic heterocycles. The first-order valence-electron chi connectivity index (χ1n) is 7.49. The van der Waals surface area contributed by atoms with Gasteiger partial charge in [0.2, 0.25) is 0 Å². The number of hydrogen-bond donors (Lipinski definition) is 2. The Bertz CT molecular complexity index is 861. The van der Waals surface area contributed by atoms with Crippen LogP contribution in [0.1, 0.15) is 11.3 Å². The Labute approximate surface area is 137 Å². The Hall–Kier alpha value is -2.44. The Morgan fingerprint density at radius 3 is 3.09 bits per heavy atom. The van der Waals surface area contributed by atoms with Gasteiger partial charge in [-0.3, -0.25) is 5.10 Å². The molecule has 0 aliphatic carbocycles. The van der Waals surface area contributed by atoms with Crippen LogP contribution in [0.3, 0.4) is 0 Å². The van der Waals surface area contributed by atoms with Gasteiger partial charge < -0.3 is 9.73 Å². The fourth-order valence-electron chi connectivity index (χ4n) is 2.56. The van der Waals surface area contributed by atoms with Gasteiger partial charge in [-0.15, -0.1) is 11.3 Å². The van der Waals surface area contributed by atoms with E-state index in [1.807, 2.05) is 42.0 Å². The van der Waals surface area contributed by atoms with Crippen molar-refractivity contribution in [1.29, 1.82) is 0 Å². The van der Waals surface area contributed by atoms with Crippen molar-refractivity contribution < 1.29 is 4.42 Å². The number of furan rings is 1. The molecule has 6 heteroatoms. The molecule has 4 rings (SSSR count). The fourth-order valence-corrected chi connectivity index (χ4v) is 3.16. The van der Waals surface area contributed by atoms with E-state index in [0.29, 0.717) is 0 Å². The van der Waals surface area contributed by atoms with E-state index in [-0.39, 0.29) is 0 Å². The highest BCUT2D eigenvalue weighted by molar-refractivity contribution is 7.07. The summed E-state index contributed by atoms with van der Waals surface area (Å²) in [5.74, 6) is 0.819. The second-order valence-corrected chi connectivity index (χ2v) is 6.04. The van der Waals surface area contributed by atoms with Crippen molar-refractivity contribution in [2.45, 2.75) is 13.0 Å². The molecule has 0 amide bonds. The van der Waals surface area contributed by atoms with Crippen LogP contribution in [-0.2, 0) is 13.0 Å². The standard InChI is InChI=1S/C17H16N4OS/c1-2-4-15-12(3-1)7-16(22-15)17-13(9-20-21-17)8-18-6-5-14-10-23-11-19-14/h1-4,7,9-11,18H,5-6,8H2,(H,20,21). The number of aromatic nitrogens is 3. The van der Waals surface area contributed by atoms with Gasteiger partial charge in [-0.2, -0.15) is 5.10 Å². The number of rotatable bonds is 6. The molecule has 0 unspecified atom stereocenters. The minimum atomic E-state index is 0.743. The van der Waals surface area contributed by atoms with E-state index in [2.05, 4.69) is 25.9 Å². The van der Waals surface area contributed by atoms with E-state index >= 15 is 0 Å². The number of thiazole rings is 1. The van der Waals surface area contributed by atoms with Crippen molar-refractivity contribution in [2.75, 3.05) is 6.54 Å². The molecule has 0 saturated carbocycles. The van der Waals surface area contributed by atoms with E-state index in [4.69, 9.17) is 4.42 Å². The van der Waals surface area contributed by atoms with E-state index in [9.17, 15) is 0 Å². The van der Waals surface area contributed by atoms with Gasteiger partial charge in [-0.1, -0.05) is 18.2 Å². The summed E-state index contributed by atoms with van der Waals surface area (Å²) in [5.41, 5.74) is 5.92. The molecule has 0 radical (unpaired) electrons. The van der Waals surface area contributed by atoms with Gasteiger partial charge in [0.25, 0.3) is 0 Å². The van der Waals surface area contributed by atoms with Gasteiger partial charge in [0, 0.05) is 35.8 Å². The lowest BCUT2D eigenvalue weighted by atomic mass is 10.2. The Kier molecular flexibility index (Phi) is 3.92. The molecule has 2 N–H and O–H groups in total. The maximum atomic E-state index is 5.91. The number of nitrogens with zero attached hydrogens (tertiary/aromatic N) is 2. The van der Waals surface area contributed by atoms with Gasteiger partial charge in [-0.25, -0.2) is 4.98 Å². The maximum Gasteiger partial charge on any atom is 0.153 e. The summed E-state index contributed by atoms with van der Waals surface area (Å²) in [5, 5.41) is 13.8. The number of aromatic amines is 1. The summed E-state index contributed by atoms with van der Waals surface area (Å²) in [6.45, 7) is 1.63. The molecule has 3 heterocycles. The average Bonchev–Trinajstić information content (AvgIpc) is 3.30.